The first-order valence-electron chi connectivity index (χ1n) is 12.7. The fourth-order valence-corrected chi connectivity index (χ4v) is 6.65. The highest BCUT2D eigenvalue weighted by molar-refractivity contribution is 6.00. The number of nitrogens with zero attached hydrogens (tertiary/aromatic N) is 1. The zero-order chi connectivity index (χ0) is 24.8. The molecule has 5 rings (SSSR count). The minimum absolute atomic E-state index is 0.102. The van der Waals surface area contributed by atoms with E-state index in [9.17, 15) is 14.4 Å². The summed E-state index contributed by atoms with van der Waals surface area (Å²) >= 11 is 0. The summed E-state index contributed by atoms with van der Waals surface area (Å²) in [4.78, 5) is 42.5. The molecule has 35 heavy (non-hydrogen) atoms. The van der Waals surface area contributed by atoms with E-state index in [0.29, 0.717) is 12.5 Å². The molecule has 1 spiro atoms. The topological polar surface area (TPSA) is 87.7 Å². The minimum Gasteiger partial charge on any atom is -0.356 e. The maximum Gasteiger partial charge on any atom is 0.246 e. The fourth-order valence-electron chi connectivity index (χ4n) is 6.65. The summed E-state index contributed by atoms with van der Waals surface area (Å²) in [6.45, 7) is 8.37. The third kappa shape index (κ3) is 3.80. The lowest BCUT2D eigenvalue weighted by Gasteiger charge is -2.34. The predicted octanol–water partition coefficient (Wildman–Crippen LogP) is 2.72. The number of hydrogen-bond acceptors (Lipinski definition) is 4. The summed E-state index contributed by atoms with van der Waals surface area (Å²) in [5.41, 5.74) is -1.14. The fraction of sp³-hybridized carbons (Fsp3) is 0.536. The first-order chi connectivity index (χ1) is 16.8. The van der Waals surface area contributed by atoms with Crippen molar-refractivity contribution < 1.29 is 19.1 Å². The van der Waals surface area contributed by atoms with Gasteiger partial charge in [0.15, 0.2) is 0 Å². The molecule has 186 valence electrons. The van der Waals surface area contributed by atoms with Crippen LogP contribution in [0.5, 0.6) is 0 Å². The molecule has 1 saturated carbocycles. The second kappa shape index (κ2) is 8.94. The van der Waals surface area contributed by atoms with E-state index >= 15 is 0 Å². The van der Waals surface area contributed by atoms with Gasteiger partial charge in [-0.3, -0.25) is 14.4 Å². The van der Waals surface area contributed by atoms with Gasteiger partial charge in [0.1, 0.15) is 11.6 Å². The molecule has 1 aromatic rings. The molecule has 7 nitrogen and oxygen atoms in total. The Kier molecular flexibility index (Phi) is 6.08. The normalized spacial score (nSPS) is 37.3. The van der Waals surface area contributed by atoms with Crippen LogP contribution in [0.15, 0.2) is 55.1 Å². The number of benzene rings is 1. The van der Waals surface area contributed by atoms with Gasteiger partial charge in [0, 0.05) is 19.1 Å². The summed E-state index contributed by atoms with van der Waals surface area (Å²) < 4.78 is 6.52. The van der Waals surface area contributed by atoms with Gasteiger partial charge in [-0.15, -0.1) is 6.58 Å². The highest BCUT2D eigenvalue weighted by atomic mass is 16.5. The van der Waals surface area contributed by atoms with Gasteiger partial charge in [-0.25, -0.2) is 0 Å². The van der Waals surface area contributed by atoms with E-state index < -0.39 is 29.1 Å². The molecule has 3 aliphatic heterocycles. The molecule has 7 unspecified atom stereocenters. The van der Waals surface area contributed by atoms with Gasteiger partial charge < -0.3 is 20.3 Å². The Morgan fingerprint density at radius 2 is 1.91 bits per heavy atom. The van der Waals surface area contributed by atoms with Crippen LogP contribution in [0, 0.1) is 17.8 Å². The molecule has 2 saturated heterocycles. The van der Waals surface area contributed by atoms with Gasteiger partial charge in [0.05, 0.1) is 17.4 Å². The first kappa shape index (κ1) is 23.8. The minimum atomic E-state index is -1.17. The number of amides is 3. The highest BCUT2D eigenvalue weighted by Crippen LogP contribution is 2.59. The van der Waals surface area contributed by atoms with Gasteiger partial charge in [0.2, 0.25) is 17.7 Å². The molecular formula is C28H35N3O4. The van der Waals surface area contributed by atoms with E-state index in [1.54, 1.807) is 6.08 Å². The average Bonchev–Trinajstić information content (AvgIpc) is 3.41. The Balaban J connectivity index is 1.42. The molecule has 7 atom stereocenters. The average molecular weight is 478 g/mol. The number of rotatable bonds is 7. The van der Waals surface area contributed by atoms with Crippen molar-refractivity contribution in [3.8, 4) is 0 Å². The molecule has 2 N–H and O–H groups in total. The van der Waals surface area contributed by atoms with E-state index in [0.717, 1.165) is 24.8 Å². The van der Waals surface area contributed by atoms with Crippen molar-refractivity contribution in [3.05, 3.63) is 60.7 Å². The molecule has 4 aliphatic rings. The van der Waals surface area contributed by atoms with Gasteiger partial charge in [-0.1, -0.05) is 68.3 Å². The standard InChI is InChI=1S/C28H35N3O4/c1-4-16-31-23(25(33)29-17-19-11-6-5-7-12-19)28-15-14-27(3,35-28)21(22(28)26(31)34)24(32)30-20-13-9-8-10-18(20)2/h4-7,11-12,14-15,18,20-23H,1,8-10,13,16-17H2,2-3H3,(H,29,33)(H,30,32). The summed E-state index contributed by atoms with van der Waals surface area (Å²) in [5, 5.41) is 6.23. The van der Waals surface area contributed by atoms with Crippen LogP contribution >= 0.6 is 0 Å². The predicted molar refractivity (Wildman–Crippen MR) is 132 cm³/mol. The third-order valence-electron chi connectivity index (χ3n) is 8.40. The second-order valence-electron chi connectivity index (χ2n) is 10.7. The molecule has 3 amide bonds. The number of nitrogens with one attached hydrogen (secondary N) is 2. The number of carbonyl (C=O) groups excluding carboxylic acids is 3. The number of likely N-dealkylation sites (tertiary alicyclic amines) is 1. The van der Waals surface area contributed by atoms with Gasteiger partial charge in [-0.05, 0) is 31.2 Å². The van der Waals surface area contributed by atoms with E-state index in [1.807, 2.05) is 49.4 Å². The van der Waals surface area contributed by atoms with Crippen LogP contribution in [-0.4, -0.2) is 52.5 Å². The monoisotopic (exact) mass is 477 g/mol. The van der Waals surface area contributed by atoms with E-state index in [-0.39, 0.29) is 30.3 Å². The Bertz CT molecular complexity index is 1060. The Morgan fingerprint density at radius 3 is 2.63 bits per heavy atom. The summed E-state index contributed by atoms with van der Waals surface area (Å²) in [6, 6.07) is 8.87. The first-order valence-corrected chi connectivity index (χ1v) is 12.7. The van der Waals surface area contributed by atoms with Crippen LogP contribution < -0.4 is 10.6 Å². The number of hydrogen-bond donors (Lipinski definition) is 2. The van der Waals surface area contributed by atoms with Crippen LogP contribution in [0.1, 0.15) is 45.1 Å². The lowest BCUT2D eigenvalue weighted by Crippen LogP contribution is -2.54. The van der Waals surface area contributed by atoms with Gasteiger partial charge in [-0.2, -0.15) is 0 Å². The molecule has 0 radical (unpaired) electrons. The number of ether oxygens (including phenoxy) is 1. The lowest BCUT2D eigenvalue weighted by molar-refractivity contribution is -0.144. The van der Waals surface area contributed by atoms with E-state index in [4.69, 9.17) is 4.74 Å². The SMILES string of the molecule is C=CCN1C(=O)C2C(C(=O)NC3CCCCC3C)C3(C)C=CC2(O3)C1C(=O)NCc1ccccc1. The molecular weight excluding hydrogens is 442 g/mol. The van der Waals surface area contributed by atoms with Crippen LogP contribution in [0.3, 0.4) is 0 Å². The largest absolute Gasteiger partial charge is 0.356 e. The van der Waals surface area contributed by atoms with Gasteiger partial charge in [0.25, 0.3) is 0 Å². The smallest absolute Gasteiger partial charge is 0.246 e. The van der Waals surface area contributed by atoms with Crippen molar-refractivity contribution in [2.75, 3.05) is 6.54 Å². The zero-order valence-electron chi connectivity index (χ0n) is 20.5. The second-order valence-corrected chi connectivity index (χ2v) is 10.7. The summed E-state index contributed by atoms with van der Waals surface area (Å²) in [7, 11) is 0. The maximum absolute atomic E-state index is 13.8. The molecule has 3 fully saturated rings. The van der Waals surface area contributed by atoms with Crippen molar-refractivity contribution in [1.29, 1.82) is 0 Å². The Labute approximate surface area is 207 Å². The van der Waals surface area contributed by atoms with Crippen molar-refractivity contribution in [2.45, 2.75) is 69.4 Å². The van der Waals surface area contributed by atoms with Crippen LogP contribution in [-0.2, 0) is 25.7 Å². The van der Waals surface area contributed by atoms with Crippen molar-refractivity contribution in [3.63, 3.8) is 0 Å². The van der Waals surface area contributed by atoms with Crippen molar-refractivity contribution in [2.24, 2.45) is 17.8 Å². The molecule has 1 aliphatic carbocycles. The summed E-state index contributed by atoms with van der Waals surface area (Å²) in [5.74, 6) is -1.70. The van der Waals surface area contributed by atoms with Crippen LogP contribution in [0.4, 0.5) is 0 Å². The van der Waals surface area contributed by atoms with Crippen molar-refractivity contribution >= 4 is 17.7 Å². The van der Waals surface area contributed by atoms with Crippen LogP contribution in [0.2, 0.25) is 0 Å². The highest BCUT2D eigenvalue weighted by Gasteiger charge is 2.76. The molecule has 0 aromatic heterocycles. The Morgan fingerprint density at radius 1 is 1.17 bits per heavy atom. The molecule has 7 heteroatoms. The maximum atomic E-state index is 13.8. The Hall–Kier alpha value is -2.93. The third-order valence-corrected chi connectivity index (χ3v) is 8.40. The summed E-state index contributed by atoms with van der Waals surface area (Å²) in [6.07, 6.45) is 9.65. The molecule has 2 bridgehead atoms. The zero-order valence-corrected chi connectivity index (χ0v) is 20.5. The van der Waals surface area contributed by atoms with Crippen molar-refractivity contribution in [1.82, 2.24) is 15.5 Å². The molecule has 3 heterocycles. The van der Waals surface area contributed by atoms with Crippen LogP contribution in [0.25, 0.3) is 0 Å². The lowest BCUT2D eigenvalue weighted by atomic mass is 9.70. The number of carbonyl (C=O) groups is 3. The van der Waals surface area contributed by atoms with E-state index in [1.165, 1.54) is 11.3 Å². The number of fused-ring (bicyclic) bond motifs is 1. The van der Waals surface area contributed by atoms with Gasteiger partial charge >= 0.3 is 0 Å². The van der Waals surface area contributed by atoms with E-state index in [2.05, 4.69) is 24.1 Å². The molecule has 1 aromatic carbocycles. The quantitative estimate of drug-likeness (QED) is 0.591.